The predicted molar refractivity (Wildman–Crippen MR) is 85.0 cm³/mol. The molecule has 0 radical (unpaired) electrons. The van der Waals surface area contributed by atoms with Crippen molar-refractivity contribution in [2.75, 3.05) is 19.6 Å². The van der Waals surface area contributed by atoms with Gasteiger partial charge >= 0.3 is 0 Å². The molecule has 0 bridgehead atoms. The molecule has 1 saturated carbocycles. The van der Waals surface area contributed by atoms with Gasteiger partial charge < -0.3 is 10.2 Å². The average molecular weight is 286 g/mol. The van der Waals surface area contributed by atoms with Crippen LogP contribution in [0.15, 0.2) is 30.3 Å². The monoisotopic (exact) mass is 286 g/mol. The SMILES string of the molecule is O=C(CNCC1CC1)N1CCCCCC1c1ccccc1. The number of carbonyl (C=O) groups is 1. The van der Waals surface area contributed by atoms with Gasteiger partial charge in [-0.2, -0.15) is 0 Å². The smallest absolute Gasteiger partial charge is 0.237 e. The minimum absolute atomic E-state index is 0.268. The van der Waals surface area contributed by atoms with Crippen LogP contribution >= 0.6 is 0 Å². The predicted octanol–water partition coefficient (Wildman–Crippen LogP) is 3.13. The molecule has 1 aliphatic heterocycles. The lowest BCUT2D eigenvalue weighted by molar-refractivity contribution is -0.132. The van der Waals surface area contributed by atoms with Crippen LogP contribution in [0.3, 0.4) is 0 Å². The number of hydrogen-bond donors (Lipinski definition) is 1. The normalized spacial score (nSPS) is 22.9. The Balaban J connectivity index is 1.64. The highest BCUT2D eigenvalue weighted by atomic mass is 16.2. The van der Waals surface area contributed by atoms with Gasteiger partial charge in [0.05, 0.1) is 12.6 Å². The van der Waals surface area contributed by atoms with E-state index in [9.17, 15) is 4.79 Å². The molecule has 0 aromatic heterocycles. The molecule has 1 amide bonds. The summed E-state index contributed by atoms with van der Waals surface area (Å²) in [7, 11) is 0. The van der Waals surface area contributed by atoms with E-state index in [1.165, 1.54) is 31.2 Å². The molecule has 2 aliphatic rings. The number of likely N-dealkylation sites (tertiary alicyclic amines) is 1. The number of nitrogens with zero attached hydrogens (tertiary/aromatic N) is 1. The van der Waals surface area contributed by atoms with Crippen molar-refractivity contribution in [1.82, 2.24) is 10.2 Å². The maximum Gasteiger partial charge on any atom is 0.237 e. The maximum atomic E-state index is 12.6. The Morgan fingerprint density at radius 3 is 2.67 bits per heavy atom. The summed E-state index contributed by atoms with van der Waals surface area (Å²) < 4.78 is 0. The number of carbonyl (C=O) groups excluding carboxylic acids is 1. The molecule has 2 fully saturated rings. The van der Waals surface area contributed by atoms with Gasteiger partial charge in [-0.15, -0.1) is 0 Å². The molecule has 1 heterocycles. The molecule has 3 heteroatoms. The molecule has 1 aliphatic carbocycles. The van der Waals surface area contributed by atoms with Crippen molar-refractivity contribution in [3.8, 4) is 0 Å². The van der Waals surface area contributed by atoms with Crippen LogP contribution in [0.2, 0.25) is 0 Å². The van der Waals surface area contributed by atoms with E-state index in [4.69, 9.17) is 0 Å². The van der Waals surface area contributed by atoms with E-state index in [1.54, 1.807) is 0 Å². The van der Waals surface area contributed by atoms with Gasteiger partial charge in [0.1, 0.15) is 0 Å². The summed E-state index contributed by atoms with van der Waals surface area (Å²) in [4.78, 5) is 14.7. The van der Waals surface area contributed by atoms with Crippen LogP contribution in [0.4, 0.5) is 0 Å². The van der Waals surface area contributed by atoms with Crippen molar-refractivity contribution in [3.05, 3.63) is 35.9 Å². The van der Waals surface area contributed by atoms with Crippen LogP contribution in [-0.4, -0.2) is 30.4 Å². The Kier molecular flexibility index (Phi) is 4.91. The topological polar surface area (TPSA) is 32.3 Å². The zero-order chi connectivity index (χ0) is 14.5. The summed E-state index contributed by atoms with van der Waals surface area (Å²) in [6, 6.07) is 10.8. The van der Waals surface area contributed by atoms with Gasteiger partial charge in [-0.25, -0.2) is 0 Å². The molecule has 1 atom stereocenters. The number of benzene rings is 1. The summed E-state index contributed by atoms with van der Waals surface area (Å²) >= 11 is 0. The van der Waals surface area contributed by atoms with Crippen molar-refractivity contribution in [2.24, 2.45) is 5.92 Å². The molecule has 1 aromatic rings. The van der Waals surface area contributed by atoms with Crippen molar-refractivity contribution < 1.29 is 4.79 Å². The first-order chi connectivity index (χ1) is 10.3. The summed E-state index contributed by atoms with van der Waals surface area (Å²) in [5.74, 6) is 1.10. The van der Waals surface area contributed by atoms with Crippen molar-refractivity contribution in [1.29, 1.82) is 0 Å². The zero-order valence-corrected chi connectivity index (χ0v) is 12.8. The van der Waals surface area contributed by atoms with Crippen molar-refractivity contribution in [3.63, 3.8) is 0 Å². The van der Waals surface area contributed by atoms with Crippen LogP contribution in [0.5, 0.6) is 0 Å². The Bertz CT molecular complexity index is 456. The van der Waals surface area contributed by atoms with E-state index in [0.717, 1.165) is 31.8 Å². The standard InChI is InChI=1S/C18H26N2O/c21-18(14-19-13-15-10-11-15)20-12-6-2-5-9-17(20)16-7-3-1-4-8-16/h1,3-4,7-8,15,17,19H,2,5-6,9-14H2. The Morgan fingerprint density at radius 1 is 1.10 bits per heavy atom. The van der Waals surface area contributed by atoms with Gasteiger partial charge in [-0.3, -0.25) is 4.79 Å². The lowest BCUT2D eigenvalue weighted by Gasteiger charge is -2.30. The highest BCUT2D eigenvalue weighted by Gasteiger charge is 2.27. The van der Waals surface area contributed by atoms with E-state index < -0.39 is 0 Å². The first-order valence-corrected chi connectivity index (χ1v) is 8.40. The van der Waals surface area contributed by atoms with Gasteiger partial charge in [0.2, 0.25) is 5.91 Å². The molecule has 3 nitrogen and oxygen atoms in total. The Labute approximate surface area is 127 Å². The second-order valence-electron chi connectivity index (χ2n) is 6.44. The molecular formula is C18H26N2O. The summed E-state index contributed by atoms with van der Waals surface area (Å²) in [5.41, 5.74) is 1.29. The second kappa shape index (κ2) is 7.08. The molecule has 1 saturated heterocycles. The lowest BCUT2D eigenvalue weighted by Crippen LogP contribution is -2.41. The fourth-order valence-electron chi connectivity index (χ4n) is 3.24. The number of amides is 1. The van der Waals surface area contributed by atoms with Crippen LogP contribution in [0.25, 0.3) is 0 Å². The largest absolute Gasteiger partial charge is 0.335 e. The van der Waals surface area contributed by atoms with E-state index >= 15 is 0 Å². The van der Waals surface area contributed by atoms with E-state index in [-0.39, 0.29) is 11.9 Å². The number of nitrogens with one attached hydrogen (secondary N) is 1. The number of hydrogen-bond acceptors (Lipinski definition) is 2. The molecule has 21 heavy (non-hydrogen) atoms. The molecule has 1 unspecified atom stereocenters. The average Bonchev–Trinajstić information content (AvgIpc) is 3.34. The second-order valence-corrected chi connectivity index (χ2v) is 6.44. The zero-order valence-electron chi connectivity index (χ0n) is 12.8. The molecular weight excluding hydrogens is 260 g/mol. The first kappa shape index (κ1) is 14.6. The van der Waals surface area contributed by atoms with E-state index in [0.29, 0.717) is 6.54 Å². The summed E-state index contributed by atoms with van der Waals surface area (Å²) in [6.45, 7) is 2.42. The summed E-state index contributed by atoms with van der Waals surface area (Å²) in [6.07, 6.45) is 7.35. The third kappa shape index (κ3) is 4.07. The van der Waals surface area contributed by atoms with Gasteiger partial charge in [0.25, 0.3) is 0 Å². The van der Waals surface area contributed by atoms with Crippen LogP contribution in [0.1, 0.15) is 50.1 Å². The third-order valence-electron chi connectivity index (χ3n) is 4.66. The van der Waals surface area contributed by atoms with Crippen LogP contribution < -0.4 is 5.32 Å². The summed E-state index contributed by atoms with van der Waals surface area (Å²) in [5, 5.41) is 3.35. The van der Waals surface area contributed by atoms with Crippen LogP contribution in [-0.2, 0) is 4.79 Å². The molecule has 1 aromatic carbocycles. The van der Waals surface area contributed by atoms with Gasteiger partial charge in [0, 0.05) is 6.54 Å². The number of rotatable bonds is 5. The fraction of sp³-hybridized carbons (Fsp3) is 0.611. The molecule has 114 valence electrons. The lowest BCUT2D eigenvalue weighted by atomic mass is 10.0. The molecule has 3 rings (SSSR count). The highest BCUT2D eigenvalue weighted by Crippen LogP contribution is 2.30. The molecule has 0 spiro atoms. The fourth-order valence-corrected chi connectivity index (χ4v) is 3.24. The molecule has 1 N–H and O–H groups in total. The van der Waals surface area contributed by atoms with Crippen molar-refractivity contribution >= 4 is 5.91 Å². The Morgan fingerprint density at radius 2 is 1.90 bits per heavy atom. The minimum atomic E-state index is 0.268. The highest BCUT2D eigenvalue weighted by molar-refractivity contribution is 5.78. The van der Waals surface area contributed by atoms with Crippen molar-refractivity contribution in [2.45, 2.75) is 44.6 Å². The quantitative estimate of drug-likeness (QED) is 0.902. The first-order valence-electron chi connectivity index (χ1n) is 8.40. The third-order valence-corrected chi connectivity index (χ3v) is 4.66. The van der Waals surface area contributed by atoms with Gasteiger partial charge in [-0.05, 0) is 43.7 Å². The van der Waals surface area contributed by atoms with Gasteiger partial charge in [0.15, 0.2) is 0 Å². The maximum absolute atomic E-state index is 12.6. The van der Waals surface area contributed by atoms with E-state index in [1.807, 2.05) is 6.07 Å². The minimum Gasteiger partial charge on any atom is -0.335 e. The Hall–Kier alpha value is -1.35. The van der Waals surface area contributed by atoms with E-state index in [2.05, 4.69) is 34.5 Å². The van der Waals surface area contributed by atoms with Crippen LogP contribution in [0, 0.1) is 5.92 Å². The van der Waals surface area contributed by atoms with Gasteiger partial charge in [-0.1, -0.05) is 43.2 Å².